The van der Waals surface area contributed by atoms with Gasteiger partial charge < -0.3 is 9.57 Å². The molecule has 4 aromatic rings. The lowest BCUT2D eigenvalue weighted by Gasteiger charge is -2.12. The van der Waals surface area contributed by atoms with Crippen molar-refractivity contribution in [2.45, 2.75) is 12.8 Å². The number of ether oxygens (including phenoxy) is 1. The fourth-order valence-electron chi connectivity index (χ4n) is 2.99. The van der Waals surface area contributed by atoms with Crippen LogP contribution in [0.25, 0.3) is 5.69 Å². The first kappa shape index (κ1) is 18.6. The van der Waals surface area contributed by atoms with Crippen LogP contribution >= 0.6 is 0 Å². The van der Waals surface area contributed by atoms with Crippen LogP contribution in [0.5, 0.6) is 11.6 Å². The number of nitrogens with one attached hydrogen (secondary N) is 1. The summed E-state index contributed by atoms with van der Waals surface area (Å²) in [7, 11) is 1.66. The molecule has 0 saturated carbocycles. The van der Waals surface area contributed by atoms with E-state index >= 15 is 0 Å². The Balaban J connectivity index is 1.66. The zero-order valence-electron chi connectivity index (χ0n) is 16.3. The Kier molecular flexibility index (Phi) is 5.42. The molecule has 0 radical (unpaired) electrons. The van der Waals surface area contributed by atoms with Gasteiger partial charge in [-0.2, -0.15) is 0 Å². The first-order chi connectivity index (χ1) is 14.2. The third kappa shape index (κ3) is 4.21. The maximum Gasteiger partial charge on any atom is 0.288 e. The molecule has 1 N–H and O–H groups in total. The maximum atomic E-state index is 5.84. The van der Waals surface area contributed by atoms with Gasteiger partial charge in [-0.15, -0.1) is 15.0 Å². The van der Waals surface area contributed by atoms with E-state index in [4.69, 9.17) is 14.7 Å². The SMILES string of the molecule is COc1ccc(C(C)c2nn(-c3ccccc3)nc2ONc2ccccc2)cc1. The molecule has 0 spiro atoms. The van der Waals surface area contributed by atoms with Crippen LogP contribution in [0.4, 0.5) is 5.69 Å². The van der Waals surface area contributed by atoms with Gasteiger partial charge in [0, 0.05) is 5.92 Å². The monoisotopic (exact) mass is 386 g/mol. The molecule has 0 bridgehead atoms. The Morgan fingerprint density at radius 1 is 0.828 bits per heavy atom. The number of methoxy groups -OCH3 is 1. The van der Waals surface area contributed by atoms with Crippen LogP contribution in [0.15, 0.2) is 84.9 Å². The Morgan fingerprint density at radius 2 is 1.48 bits per heavy atom. The summed E-state index contributed by atoms with van der Waals surface area (Å²) in [6, 6.07) is 27.4. The summed E-state index contributed by atoms with van der Waals surface area (Å²) in [5, 5.41) is 9.29. The predicted molar refractivity (Wildman–Crippen MR) is 113 cm³/mol. The van der Waals surface area contributed by atoms with Gasteiger partial charge in [0.1, 0.15) is 11.4 Å². The van der Waals surface area contributed by atoms with Crippen LogP contribution in [0.2, 0.25) is 0 Å². The average Bonchev–Trinajstić information content (AvgIpc) is 3.23. The molecule has 3 aromatic carbocycles. The van der Waals surface area contributed by atoms with Crippen LogP contribution in [-0.4, -0.2) is 22.1 Å². The second-order valence-electron chi connectivity index (χ2n) is 6.58. The average molecular weight is 386 g/mol. The van der Waals surface area contributed by atoms with Gasteiger partial charge in [-0.05, 0) is 42.0 Å². The third-order valence-electron chi connectivity index (χ3n) is 4.66. The van der Waals surface area contributed by atoms with Gasteiger partial charge in [0.2, 0.25) is 0 Å². The highest BCUT2D eigenvalue weighted by molar-refractivity contribution is 5.42. The summed E-state index contributed by atoms with van der Waals surface area (Å²) in [6.45, 7) is 2.08. The zero-order valence-corrected chi connectivity index (χ0v) is 16.3. The molecule has 1 aromatic heterocycles. The first-order valence-electron chi connectivity index (χ1n) is 9.39. The normalized spacial score (nSPS) is 11.7. The Bertz CT molecular complexity index is 1050. The smallest absolute Gasteiger partial charge is 0.288 e. The Morgan fingerprint density at radius 3 is 2.14 bits per heavy atom. The van der Waals surface area contributed by atoms with Crippen LogP contribution in [0, 0.1) is 0 Å². The molecule has 146 valence electrons. The lowest BCUT2D eigenvalue weighted by Crippen LogP contribution is -2.08. The highest BCUT2D eigenvalue weighted by atomic mass is 16.7. The molecule has 0 amide bonds. The highest BCUT2D eigenvalue weighted by Crippen LogP contribution is 2.30. The number of benzene rings is 3. The zero-order chi connectivity index (χ0) is 20.1. The van der Waals surface area contributed by atoms with Gasteiger partial charge >= 0.3 is 0 Å². The summed E-state index contributed by atoms with van der Waals surface area (Å²) in [4.78, 5) is 7.44. The molecule has 1 unspecified atom stereocenters. The molecule has 1 atom stereocenters. The molecule has 0 saturated heterocycles. The van der Waals surface area contributed by atoms with Gasteiger partial charge in [0.05, 0.1) is 18.5 Å². The van der Waals surface area contributed by atoms with Gasteiger partial charge in [-0.25, -0.2) is 5.48 Å². The molecule has 4 rings (SSSR count). The van der Waals surface area contributed by atoms with Crippen molar-refractivity contribution in [1.29, 1.82) is 0 Å². The van der Waals surface area contributed by atoms with Gasteiger partial charge in [0.15, 0.2) is 0 Å². The number of hydrogen-bond donors (Lipinski definition) is 1. The Hall–Kier alpha value is -3.80. The second-order valence-corrected chi connectivity index (χ2v) is 6.58. The van der Waals surface area contributed by atoms with E-state index in [1.165, 1.54) is 0 Å². The maximum absolute atomic E-state index is 5.84. The summed E-state index contributed by atoms with van der Waals surface area (Å²) < 4.78 is 5.26. The fraction of sp³-hybridized carbons (Fsp3) is 0.130. The van der Waals surface area contributed by atoms with Gasteiger partial charge in [-0.3, -0.25) is 0 Å². The lowest BCUT2D eigenvalue weighted by molar-refractivity contribution is 0.380. The van der Waals surface area contributed by atoms with Crippen molar-refractivity contribution in [3.05, 3.63) is 96.2 Å². The van der Waals surface area contributed by atoms with E-state index in [1.54, 1.807) is 11.9 Å². The largest absolute Gasteiger partial charge is 0.497 e. The topological polar surface area (TPSA) is 61.2 Å². The molecule has 0 aliphatic carbocycles. The summed E-state index contributed by atoms with van der Waals surface area (Å²) in [5.74, 6) is 1.23. The van der Waals surface area contributed by atoms with E-state index in [-0.39, 0.29) is 5.92 Å². The van der Waals surface area contributed by atoms with Crippen molar-refractivity contribution in [2.24, 2.45) is 0 Å². The first-order valence-corrected chi connectivity index (χ1v) is 9.39. The van der Waals surface area contributed by atoms with Crippen molar-refractivity contribution in [3.8, 4) is 17.3 Å². The van der Waals surface area contributed by atoms with E-state index in [1.807, 2.05) is 84.9 Å². The van der Waals surface area contributed by atoms with Crippen molar-refractivity contribution < 1.29 is 9.57 Å². The number of para-hydroxylation sites is 2. The highest BCUT2D eigenvalue weighted by Gasteiger charge is 2.22. The summed E-state index contributed by atoms with van der Waals surface area (Å²) in [6.07, 6.45) is 0. The molecular formula is C23H22N4O2. The van der Waals surface area contributed by atoms with Crippen LogP contribution in [0.3, 0.4) is 0 Å². The summed E-state index contributed by atoms with van der Waals surface area (Å²) >= 11 is 0. The second kappa shape index (κ2) is 8.48. The minimum absolute atomic E-state index is 0.0223. The number of nitrogens with zero attached hydrogens (tertiary/aromatic N) is 3. The number of hydrogen-bond acceptors (Lipinski definition) is 5. The molecule has 6 nitrogen and oxygen atoms in total. The summed E-state index contributed by atoms with van der Waals surface area (Å²) in [5.41, 5.74) is 6.49. The van der Waals surface area contributed by atoms with E-state index in [0.29, 0.717) is 5.88 Å². The Labute approximate surface area is 169 Å². The molecule has 6 heteroatoms. The van der Waals surface area contributed by atoms with E-state index in [9.17, 15) is 0 Å². The molecule has 0 aliphatic rings. The van der Waals surface area contributed by atoms with E-state index < -0.39 is 0 Å². The van der Waals surface area contributed by atoms with Crippen LogP contribution < -0.4 is 15.1 Å². The van der Waals surface area contributed by atoms with E-state index in [0.717, 1.165) is 28.4 Å². The molecule has 1 heterocycles. The minimum Gasteiger partial charge on any atom is -0.497 e. The predicted octanol–water partition coefficient (Wildman–Crippen LogP) is 4.83. The molecule has 29 heavy (non-hydrogen) atoms. The quantitative estimate of drug-likeness (QED) is 0.461. The van der Waals surface area contributed by atoms with Gasteiger partial charge in [0.25, 0.3) is 5.88 Å². The van der Waals surface area contributed by atoms with Crippen molar-refractivity contribution in [3.63, 3.8) is 0 Å². The standard InChI is InChI=1S/C23H22N4O2/c1-17(18-13-15-21(28-2)16-14-18)22-23(29-26-19-9-5-3-6-10-19)25-27(24-22)20-11-7-4-8-12-20/h3-17,26H,1-2H3. The van der Waals surface area contributed by atoms with Crippen molar-refractivity contribution in [1.82, 2.24) is 15.0 Å². The molecular weight excluding hydrogens is 364 g/mol. The third-order valence-corrected chi connectivity index (χ3v) is 4.66. The van der Waals surface area contributed by atoms with E-state index in [2.05, 4.69) is 17.5 Å². The minimum atomic E-state index is -0.0223. The van der Waals surface area contributed by atoms with Gasteiger partial charge in [-0.1, -0.05) is 55.5 Å². The molecule has 0 aliphatic heterocycles. The molecule has 0 fully saturated rings. The van der Waals surface area contributed by atoms with Crippen molar-refractivity contribution >= 4 is 5.69 Å². The fourth-order valence-corrected chi connectivity index (χ4v) is 2.99. The number of aromatic nitrogens is 3. The number of rotatable bonds is 7. The van der Waals surface area contributed by atoms with Crippen molar-refractivity contribution in [2.75, 3.05) is 12.6 Å². The van der Waals surface area contributed by atoms with Crippen LogP contribution in [0.1, 0.15) is 24.1 Å². The van der Waals surface area contributed by atoms with Crippen LogP contribution in [-0.2, 0) is 0 Å². The number of anilines is 1. The lowest BCUT2D eigenvalue weighted by atomic mass is 9.98.